The number of hydrogen-bond acceptors (Lipinski definition) is 4. The number of carbonyl (C=O) groups excluding carboxylic acids is 1. The summed E-state index contributed by atoms with van der Waals surface area (Å²) in [7, 11) is 3.38. The van der Waals surface area contributed by atoms with E-state index in [-0.39, 0.29) is 18.3 Å². The molecule has 1 amide bonds. The van der Waals surface area contributed by atoms with Crippen molar-refractivity contribution in [2.45, 2.75) is 6.54 Å². The second kappa shape index (κ2) is 9.80. The molecule has 0 radical (unpaired) electrons. The molecule has 0 atom stereocenters. The third kappa shape index (κ3) is 5.44. The Kier molecular flexibility index (Phi) is 8.09. The Morgan fingerprint density at radius 2 is 1.62 bits per heavy atom. The molecule has 6 heteroatoms. The molecule has 0 aliphatic rings. The summed E-state index contributed by atoms with van der Waals surface area (Å²) in [6, 6.07) is 14.7. The lowest BCUT2D eigenvalue weighted by molar-refractivity contribution is 0.0774. The average Bonchev–Trinajstić information content (AvgIpc) is 2.61. The van der Waals surface area contributed by atoms with Crippen molar-refractivity contribution in [2.24, 2.45) is 5.73 Å². The number of likely N-dealkylation sites (N-methyl/N-ethyl adjacent to an activating group) is 1. The van der Waals surface area contributed by atoms with Gasteiger partial charge in [-0.2, -0.15) is 0 Å². The molecular weight excluding hydrogens is 328 g/mol. The van der Waals surface area contributed by atoms with E-state index in [9.17, 15) is 4.79 Å². The van der Waals surface area contributed by atoms with Crippen LogP contribution < -0.4 is 15.2 Å². The smallest absolute Gasteiger partial charge is 0.253 e. The number of carbonyl (C=O) groups is 1. The Hall–Kier alpha value is -2.24. The maximum Gasteiger partial charge on any atom is 0.253 e. The highest BCUT2D eigenvalue weighted by atomic mass is 35.5. The van der Waals surface area contributed by atoms with E-state index in [0.29, 0.717) is 25.3 Å². The van der Waals surface area contributed by atoms with Crippen molar-refractivity contribution >= 4 is 18.3 Å². The number of methoxy groups -OCH3 is 1. The largest absolute Gasteiger partial charge is 0.497 e. The van der Waals surface area contributed by atoms with Crippen molar-refractivity contribution in [1.82, 2.24) is 4.90 Å². The zero-order valence-electron chi connectivity index (χ0n) is 13.9. The van der Waals surface area contributed by atoms with E-state index < -0.39 is 0 Å². The van der Waals surface area contributed by atoms with Crippen molar-refractivity contribution < 1.29 is 14.3 Å². The average molecular weight is 351 g/mol. The second-order valence-corrected chi connectivity index (χ2v) is 5.15. The molecule has 0 saturated heterocycles. The number of amides is 1. The fraction of sp³-hybridized carbons (Fsp3) is 0.278. The molecule has 130 valence electrons. The molecule has 0 aromatic heterocycles. The Balaban J connectivity index is 0.00000288. The molecule has 24 heavy (non-hydrogen) atoms. The van der Waals surface area contributed by atoms with Gasteiger partial charge in [-0.1, -0.05) is 12.1 Å². The molecule has 0 aliphatic heterocycles. The quantitative estimate of drug-likeness (QED) is 0.833. The second-order valence-electron chi connectivity index (χ2n) is 5.15. The first-order valence-electron chi connectivity index (χ1n) is 7.45. The third-order valence-electron chi connectivity index (χ3n) is 3.54. The van der Waals surface area contributed by atoms with Crippen LogP contribution in [0.1, 0.15) is 15.9 Å². The van der Waals surface area contributed by atoms with Gasteiger partial charge in [0.15, 0.2) is 0 Å². The summed E-state index contributed by atoms with van der Waals surface area (Å²) in [5, 5.41) is 0. The topological polar surface area (TPSA) is 64.8 Å². The first kappa shape index (κ1) is 19.8. The highest BCUT2D eigenvalue weighted by Gasteiger charge is 2.11. The molecule has 2 aromatic carbocycles. The summed E-state index contributed by atoms with van der Waals surface area (Å²) in [5.74, 6) is 1.50. The molecule has 0 unspecified atom stereocenters. The van der Waals surface area contributed by atoms with Gasteiger partial charge in [0.25, 0.3) is 5.91 Å². The van der Waals surface area contributed by atoms with Gasteiger partial charge in [0.05, 0.1) is 13.7 Å². The number of nitrogens with zero attached hydrogens (tertiary/aromatic N) is 1. The van der Waals surface area contributed by atoms with Crippen LogP contribution in [0.4, 0.5) is 0 Å². The number of halogens is 1. The van der Waals surface area contributed by atoms with Gasteiger partial charge in [0.2, 0.25) is 0 Å². The fourth-order valence-electron chi connectivity index (χ4n) is 2.08. The van der Waals surface area contributed by atoms with Crippen LogP contribution in [0.25, 0.3) is 0 Å². The van der Waals surface area contributed by atoms with Gasteiger partial charge in [-0.3, -0.25) is 4.79 Å². The molecule has 0 saturated carbocycles. The van der Waals surface area contributed by atoms with Crippen LogP contribution in [0.15, 0.2) is 48.5 Å². The van der Waals surface area contributed by atoms with Gasteiger partial charge >= 0.3 is 0 Å². The van der Waals surface area contributed by atoms with Crippen molar-refractivity contribution in [3.63, 3.8) is 0 Å². The minimum atomic E-state index is -0.0353. The fourth-order valence-corrected chi connectivity index (χ4v) is 2.08. The van der Waals surface area contributed by atoms with Crippen molar-refractivity contribution in [2.75, 3.05) is 27.3 Å². The summed E-state index contributed by atoms with van der Waals surface area (Å²) in [6.45, 7) is 1.40. The standard InChI is InChI=1S/C18H22N2O3.ClH/c1-20(18(21)15-5-3-14(13-19)4-6-15)11-12-23-17-9-7-16(22-2)8-10-17;/h3-10H,11-13,19H2,1-2H3;1H. The highest BCUT2D eigenvalue weighted by Crippen LogP contribution is 2.17. The van der Waals surface area contributed by atoms with E-state index in [4.69, 9.17) is 15.2 Å². The lowest BCUT2D eigenvalue weighted by atomic mass is 10.1. The molecular formula is C18H23ClN2O3. The first-order valence-corrected chi connectivity index (χ1v) is 7.45. The predicted octanol–water partition coefficient (Wildman–Crippen LogP) is 2.73. The van der Waals surface area contributed by atoms with Crippen LogP contribution in [0, 0.1) is 0 Å². The molecule has 2 rings (SSSR count). The van der Waals surface area contributed by atoms with Crippen LogP contribution in [0.2, 0.25) is 0 Å². The van der Waals surface area contributed by atoms with Crippen molar-refractivity contribution in [3.8, 4) is 11.5 Å². The Bertz CT molecular complexity index is 630. The summed E-state index contributed by atoms with van der Waals surface area (Å²) < 4.78 is 10.7. The van der Waals surface area contributed by atoms with Crippen molar-refractivity contribution in [3.05, 3.63) is 59.7 Å². The van der Waals surface area contributed by atoms with Gasteiger partial charge in [-0.15, -0.1) is 12.4 Å². The molecule has 2 aromatic rings. The van der Waals surface area contributed by atoms with E-state index in [1.54, 1.807) is 31.2 Å². The normalized spacial score (nSPS) is 9.79. The molecule has 0 heterocycles. The first-order chi connectivity index (χ1) is 11.1. The minimum Gasteiger partial charge on any atom is -0.497 e. The molecule has 0 bridgehead atoms. The van der Waals surface area contributed by atoms with Crippen LogP contribution >= 0.6 is 12.4 Å². The lowest BCUT2D eigenvalue weighted by Gasteiger charge is -2.17. The van der Waals surface area contributed by atoms with Gasteiger partial charge in [0, 0.05) is 19.2 Å². The Labute approximate surface area is 148 Å². The zero-order chi connectivity index (χ0) is 16.7. The number of benzene rings is 2. The third-order valence-corrected chi connectivity index (χ3v) is 3.54. The van der Waals surface area contributed by atoms with Gasteiger partial charge in [-0.05, 0) is 42.0 Å². The molecule has 5 nitrogen and oxygen atoms in total. The van der Waals surface area contributed by atoms with Crippen LogP contribution in [-0.2, 0) is 6.54 Å². The van der Waals surface area contributed by atoms with E-state index in [1.165, 1.54) is 0 Å². The van der Waals surface area contributed by atoms with Crippen LogP contribution in [0.5, 0.6) is 11.5 Å². The summed E-state index contributed by atoms with van der Waals surface area (Å²) in [5.41, 5.74) is 7.21. The summed E-state index contributed by atoms with van der Waals surface area (Å²) in [4.78, 5) is 13.9. The summed E-state index contributed by atoms with van der Waals surface area (Å²) in [6.07, 6.45) is 0. The van der Waals surface area contributed by atoms with Crippen molar-refractivity contribution in [1.29, 1.82) is 0 Å². The molecule has 2 N–H and O–H groups in total. The van der Waals surface area contributed by atoms with Gasteiger partial charge in [0.1, 0.15) is 18.1 Å². The predicted molar refractivity (Wildman–Crippen MR) is 97.0 cm³/mol. The number of nitrogens with two attached hydrogens (primary N) is 1. The zero-order valence-corrected chi connectivity index (χ0v) is 14.7. The van der Waals surface area contributed by atoms with Crippen LogP contribution in [0.3, 0.4) is 0 Å². The number of ether oxygens (including phenoxy) is 2. The Morgan fingerprint density at radius 1 is 1.04 bits per heavy atom. The lowest BCUT2D eigenvalue weighted by Crippen LogP contribution is -2.30. The summed E-state index contributed by atoms with van der Waals surface area (Å²) >= 11 is 0. The van der Waals surface area contributed by atoms with E-state index in [0.717, 1.165) is 17.1 Å². The van der Waals surface area contributed by atoms with Gasteiger partial charge in [-0.25, -0.2) is 0 Å². The Morgan fingerprint density at radius 3 is 2.17 bits per heavy atom. The molecule has 0 fully saturated rings. The highest BCUT2D eigenvalue weighted by molar-refractivity contribution is 5.94. The maximum atomic E-state index is 12.3. The van der Waals surface area contributed by atoms with Gasteiger partial charge < -0.3 is 20.1 Å². The molecule has 0 aliphatic carbocycles. The van der Waals surface area contributed by atoms with E-state index in [1.807, 2.05) is 36.4 Å². The number of hydrogen-bond donors (Lipinski definition) is 1. The SMILES string of the molecule is COc1ccc(OCCN(C)C(=O)c2ccc(CN)cc2)cc1.Cl. The van der Waals surface area contributed by atoms with E-state index in [2.05, 4.69) is 0 Å². The van der Waals surface area contributed by atoms with Crippen LogP contribution in [-0.4, -0.2) is 38.1 Å². The molecule has 0 spiro atoms. The van der Waals surface area contributed by atoms with E-state index >= 15 is 0 Å². The maximum absolute atomic E-state index is 12.3. The minimum absolute atomic E-state index is 0. The monoisotopic (exact) mass is 350 g/mol. The number of rotatable bonds is 7.